The van der Waals surface area contributed by atoms with Crippen LogP contribution in [0.4, 0.5) is 13.2 Å². The molecule has 0 aliphatic carbocycles. The van der Waals surface area contributed by atoms with E-state index in [1.165, 1.54) is 25.2 Å². The highest BCUT2D eigenvalue weighted by Crippen LogP contribution is 2.29. The van der Waals surface area contributed by atoms with Gasteiger partial charge in [-0.05, 0) is 42.4 Å². The standard InChI is InChI=1S/C19H23F3N4O2S.HI/c1-23-18(25-12-15-5-4-6-17(11-15)29(27,28)24-2)26(3)13-14-7-9-16(10-8-14)19(20,21)22;/h4-11,24H,12-13H2,1-3H3,(H,23,25);1H. The van der Waals surface area contributed by atoms with Crippen molar-refractivity contribution in [3.8, 4) is 0 Å². The summed E-state index contributed by atoms with van der Waals surface area (Å²) in [5, 5.41) is 3.12. The highest BCUT2D eigenvalue weighted by atomic mass is 127. The van der Waals surface area contributed by atoms with Gasteiger partial charge in [-0.3, -0.25) is 4.99 Å². The van der Waals surface area contributed by atoms with Crippen molar-refractivity contribution in [2.75, 3.05) is 21.1 Å². The summed E-state index contributed by atoms with van der Waals surface area (Å²) in [6.45, 7) is 0.684. The van der Waals surface area contributed by atoms with Crippen LogP contribution in [0.15, 0.2) is 58.4 Å². The molecular weight excluding hydrogens is 532 g/mol. The van der Waals surface area contributed by atoms with Crippen LogP contribution in [0.2, 0.25) is 0 Å². The third-order valence-electron chi connectivity index (χ3n) is 4.20. The lowest BCUT2D eigenvalue weighted by atomic mass is 10.1. The van der Waals surface area contributed by atoms with Crippen molar-refractivity contribution in [1.82, 2.24) is 14.9 Å². The van der Waals surface area contributed by atoms with Crippen molar-refractivity contribution in [2.45, 2.75) is 24.2 Å². The van der Waals surface area contributed by atoms with E-state index in [1.807, 2.05) is 0 Å². The third kappa shape index (κ3) is 7.13. The van der Waals surface area contributed by atoms with E-state index in [9.17, 15) is 21.6 Å². The molecule has 0 amide bonds. The van der Waals surface area contributed by atoms with Crippen LogP contribution in [0.1, 0.15) is 16.7 Å². The molecule has 0 atom stereocenters. The molecule has 0 aliphatic heterocycles. The molecule has 6 nitrogen and oxygen atoms in total. The van der Waals surface area contributed by atoms with Gasteiger partial charge in [0, 0.05) is 27.2 Å². The molecule has 2 aromatic rings. The van der Waals surface area contributed by atoms with Gasteiger partial charge in [0.05, 0.1) is 10.5 Å². The zero-order valence-electron chi connectivity index (χ0n) is 16.7. The molecule has 0 fully saturated rings. The summed E-state index contributed by atoms with van der Waals surface area (Å²) in [5.41, 5.74) is 0.749. The molecule has 11 heteroatoms. The molecule has 0 spiro atoms. The van der Waals surface area contributed by atoms with E-state index in [0.717, 1.165) is 17.7 Å². The first-order valence-electron chi connectivity index (χ1n) is 8.67. The van der Waals surface area contributed by atoms with Crippen LogP contribution in [0, 0.1) is 0 Å². The number of hydrogen-bond acceptors (Lipinski definition) is 3. The Morgan fingerprint density at radius 3 is 2.27 bits per heavy atom. The van der Waals surface area contributed by atoms with Crippen molar-refractivity contribution in [3.63, 3.8) is 0 Å². The van der Waals surface area contributed by atoms with Gasteiger partial charge < -0.3 is 10.2 Å². The fourth-order valence-corrected chi connectivity index (χ4v) is 3.45. The first kappa shape index (κ1) is 26.2. The first-order valence-corrected chi connectivity index (χ1v) is 10.2. The predicted molar refractivity (Wildman–Crippen MR) is 121 cm³/mol. The van der Waals surface area contributed by atoms with Crippen molar-refractivity contribution >= 4 is 40.0 Å². The number of sulfonamides is 1. The van der Waals surface area contributed by atoms with Gasteiger partial charge in [-0.1, -0.05) is 24.3 Å². The Bertz CT molecular complexity index is 964. The molecule has 0 bridgehead atoms. The predicted octanol–water partition coefficient (Wildman–Crippen LogP) is 3.44. The Labute approximate surface area is 191 Å². The Morgan fingerprint density at radius 2 is 1.73 bits per heavy atom. The Hall–Kier alpha value is -1.86. The van der Waals surface area contributed by atoms with E-state index < -0.39 is 21.8 Å². The van der Waals surface area contributed by atoms with E-state index in [1.54, 1.807) is 37.2 Å². The van der Waals surface area contributed by atoms with Gasteiger partial charge in [0.15, 0.2) is 5.96 Å². The number of nitrogens with zero attached hydrogens (tertiary/aromatic N) is 2. The summed E-state index contributed by atoms with van der Waals surface area (Å²) in [4.78, 5) is 6.08. The topological polar surface area (TPSA) is 73.8 Å². The van der Waals surface area contributed by atoms with Crippen molar-refractivity contribution in [3.05, 3.63) is 65.2 Å². The summed E-state index contributed by atoms with van der Waals surface area (Å²) in [5.74, 6) is 0.520. The second-order valence-corrected chi connectivity index (χ2v) is 8.19. The largest absolute Gasteiger partial charge is 0.416 e. The zero-order valence-corrected chi connectivity index (χ0v) is 19.8. The van der Waals surface area contributed by atoms with Gasteiger partial charge in [0.25, 0.3) is 0 Å². The number of alkyl halides is 3. The van der Waals surface area contributed by atoms with Crippen molar-refractivity contribution in [1.29, 1.82) is 0 Å². The number of guanidine groups is 1. The molecule has 166 valence electrons. The van der Waals surface area contributed by atoms with Gasteiger partial charge >= 0.3 is 6.18 Å². The van der Waals surface area contributed by atoms with E-state index >= 15 is 0 Å². The van der Waals surface area contributed by atoms with Crippen LogP contribution >= 0.6 is 24.0 Å². The summed E-state index contributed by atoms with van der Waals surface area (Å²) >= 11 is 0. The number of aliphatic imine (C=N–C) groups is 1. The maximum absolute atomic E-state index is 12.7. The van der Waals surface area contributed by atoms with Crippen LogP contribution in [0.25, 0.3) is 0 Å². The van der Waals surface area contributed by atoms with Crippen LogP contribution in [-0.4, -0.2) is 40.4 Å². The maximum atomic E-state index is 12.7. The highest BCUT2D eigenvalue weighted by molar-refractivity contribution is 14.0. The number of hydrogen-bond donors (Lipinski definition) is 2. The maximum Gasteiger partial charge on any atom is 0.416 e. The SMILES string of the molecule is CN=C(NCc1cccc(S(=O)(=O)NC)c1)N(C)Cc1ccc(C(F)(F)F)cc1.I. The zero-order chi connectivity index (χ0) is 21.7. The fraction of sp³-hybridized carbons (Fsp3) is 0.316. The Kier molecular flexibility index (Phi) is 9.56. The smallest absolute Gasteiger partial charge is 0.352 e. The first-order chi connectivity index (χ1) is 13.6. The van der Waals surface area contributed by atoms with Gasteiger partial charge in [-0.15, -0.1) is 24.0 Å². The normalized spacial score (nSPS) is 12.3. The average Bonchev–Trinajstić information content (AvgIpc) is 2.68. The number of halogens is 4. The van der Waals surface area contributed by atoms with E-state index in [2.05, 4.69) is 15.0 Å². The molecule has 0 saturated heterocycles. The van der Waals surface area contributed by atoms with E-state index in [0.29, 0.717) is 24.6 Å². The molecule has 0 aliphatic rings. The van der Waals surface area contributed by atoms with Crippen LogP contribution in [0.3, 0.4) is 0 Å². The number of rotatable bonds is 6. The lowest BCUT2D eigenvalue weighted by Gasteiger charge is -2.22. The van der Waals surface area contributed by atoms with Gasteiger partial charge in [-0.2, -0.15) is 13.2 Å². The van der Waals surface area contributed by atoms with Gasteiger partial charge in [0.2, 0.25) is 10.0 Å². The molecule has 2 rings (SSSR count). The minimum absolute atomic E-state index is 0. The quantitative estimate of drug-likeness (QED) is 0.325. The number of benzene rings is 2. The molecule has 0 saturated carbocycles. The highest BCUT2D eigenvalue weighted by Gasteiger charge is 2.29. The van der Waals surface area contributed by atoms with Crippen LogP contribution in [-0.2, 0) is 29.3 Å². The molecule has 0 radical (unpaired) electrons. The molecule has 0 unspecified atom stereocenters. The minimum atomic E-state index is -4.36. The third-order valence-corrected chi connectivity index (χ3v) is 5.61. The summed E-state index contributed by atoms with van der Waals surface area (Å²) in [6, 6.07) is 11.4. The van der Waals surface area contributed by atoms with Gasteiger partial charge in [-0.25, -0.2) is 13.1 Å². The van der Waals surface area contributed by atoms with E-state index in [4.69, 9.17) is 0 Å². The van der Waals surface area contributed by atoms with Crippen molar-refractivity contribution in [2.24, 2.45) is 4.99 Å². The summed E-state index contributed by atoms with van der Waals surface area (Å²) < 4.78 is 64.1. The van der Waals surface area contributed by atoms with E-state index in [-0.39, 0.29) is 28.9 Å². The number of nitrogens with one attached hydrogen (secondary N) is 2. The second-order valence-electron chi connectivity index (χ2n) is 6.31. The fourth-order valence-electron chi connectivity index (χ4n) is 2.65. The monoisotopic (exact) mass is 556 g/mol. The molecule has 0 heterocycles. The molecule has 0 aromatic heterocycles. The van der Waals surface area contributed by atoms with Crippen molar-refractivity contribution < 1.29 is 21.6 Å². The molecule has 2 aromatic carbocycles. The lowest BCUT2D eigenvalue weighted by molar-refractivity contribution is -0.137. The van der Waals surface area contributed by atoms with Crippen LogP contribution < -0.4 is 10.0 Å². The summed E-state index contributed by atoms with van der Waals surface area (Å²) in [6.07, 6.45) is -4.36. The second kappa shape index (κ2) is 11.0. The summed E-state index contributed by atoms with van der Waals surface area (Å²) in [7, 11) is 1.16. The molecule has 2 N–H and O–H groups in total. The van der Waals surface area contributed by atoms with Gasteiger partial charge in [0.1, 0.15) is 0 Å². The van der Waals surface area contributed by atoms with Crippen LogP contribution in [0.5, 0.6) is 0 Å². The minimum Gasteiger partial charge on any atom is -0.352 e. The lowest BCUT2D eigenvalue weighted by Crippen LogP contribution is -2.38. The average molecular weight is 556 g/mol. The Morgan fingerprint density at radius 1 is 1.10 bits per heavy atom. The molecule has 30 heavy (non-hydrogen) atoms. The Balaban J connectivity index is 0.00000450. The molecular formula is C19H24F3IN4O2S.